The third-order valence-corrected chi connectivity index (χ3v) is 7.72. The number of carbonyl (C=O) groups is 2. The highest BCUT2D eigenvalue weighted by Gasteiger charge is 2.54. The van der Waals surface area contributed by atoms with Gasteiger partial charge in [-0.15, -0.1) is 0 Å². The van der Waals surface area contributed by atoms with Crippen molar-refractivity contribution >= 4 is 11.9 Å². The average Bonchev–Trinajstić information content (AvgIpc) is 3.32. The first-order valence-corrected chi connectivity index (χ1v) is 11.7. The number of ether oxygens (including phenoxy) is 3. The fraction of sp³-hybridized carbons (Fsp3) is 0.538. The van der Waals surface area contributed by atoms with E-state index in [0.29, 0.717) is 41.4 Å². The summed E-state index contributed by atoms with van der Waals surface area (Å²) < 4.78 is 21.6. The van der Waals surface area contributed by atoms with Crippen LogP contribution < -0.4 is 9.47 Å². The highest BCUT2D eigenvalue weighted by molar-refractivity contribution is 5.92. The van der Waals surface area contributed by atoms with Crippen molar-refractivity contribution in [2.24, 2.45) is 17.8 Å². The molecule has 7 nitrogen and oxygen atoms in total. The number of benzene rings is 1. The number of hydrogen-bond acceptors (Lipinski definition) is 6. The number of hydrogen-bond donors (Lipinski definition) is 0. The van der Waals surface area contributed by atoms with Gasteiger partial charge in [0.15, 0.2) is 18.1 Å². The highest BCUT2D eigenvalue weighted by Crippen LogP contribution is 2.58. The second-order valence-corrected chi connectivity index (χ2v) is 9.85. The third kappa shape index (κ3) is 4.21. The molecule has 4 aliphatic rings. The Bertz CT molecular complexity index is 979. The van der Waals surface area contributed by atoms with Crippen molar-refractivity contribution in [3.05, 3.63) is 47.9 Å². The molecular formula is C26H31NO6. The molecule has 6 rings (SSSR count). The molecule has 0 atom stereocenters. The number of rotatable bonds is 8. The summed E-state index contributed by atoms with van der Waals surface area (Å²) in [7, 11) is 3.04. The molecular weight excluding hydrogens is 422 g/mol. The van der Waals surface area contributed by atoms with Crippen molar-refractivity contribution in [3.63, 3.8) is 0 Å². The Labute approximate surface area is 194 Å². The van der Waals surface area contributed by atoms with Crippen LogP contribution in [0.3, 0.4) is 0 Å². The van der Waals surface area contributed by atoms with E-state index in [1.54, 1.807) is 24.5 Å². The molecule has 0 aliphatic heterocycles. The largest absolute Gasteiger partial charge is 0.493 e. The maximum atomic E-state index is 13.5. The quantitative estimate of drug-likeness (QED) is 0.550. The Morgan fingerprint density at radius 1 is 1.00 bits per heavy atom. The molecule has 4 bridgehead atoms. The molecule has 33 heavy (non-hydrogen) atoms. The van der Waals surface area contributed by atoms with Gasteiger partial charge in [0.1, 0.15) is 5.76 Å². The van der Waals surface area contributed by atoms with Crippen LogP contribution in [0.5, 0.6) is 11.5 Å². The summed E-state index contributed by atoms with van der Waals surface area (Å²) in [6.07, 6.45) is 8.61. The summed E-state index contributed by atoms with van der Waals surface area (Å²) in [5, 5.41) is 0. The van der Waals surface area contributed by atoms with Gasteiger partial charge >= 0.3 is 5.97 Å². The predicted octanol–water partition coefficient (Wildman–Crippen LogP) is 4.45. The second-order valence-electron chi connectivity index (χ2n) is 9.85. The molecule has 0 saturated heterocycles. The molecule has 0 unspecified atom stereocenters. The first-order valence-electron chi connectivity index (χ1n) is 11.7. The average molecular weight is 454 g/mol. The van der Waals surface area contributed by atoms with Crippen LogP contribution in [0, 0.1) is 17.8 Å². The van der Waals surface area contributed by atoms with Crippen LogP contribution in [0.2, 0.25) is 0 Å². The van der Waals surface area contributed by atoms with Gasteiger partial charge in [-0.3, -0.25) is 4.79 Å². The highest BCUT2D eigenvalue weighted by atomic mass is 16.5. The predicted molar refractivity (Wildman–Crippen MR) is 120 cm³/mol. The van der Waals surface area contributed by atoms with E-state index in [1.165, 1.54) is 33.5 Å². The monoisotopic (exact) mass is 453 g/mol. The topological polar surface area (TPSA) is 78.2 Å². The van der Waals surface area contributed by atoms with Gasteiger partial charge in [0.2, 0.25) is 0 Å². The van der Waals surface area contributed by atoms with E-state index >= 15 is 0 Å². The van der Waals surface area contributed by atoms with Crippen molar-refractivity contribution < 1.29 is 28.2 Å². The first kappa shape index (κ1) is 21.9. The van der Waals surface area contributed by atoms with Gasteiger partial charge in [0.05, 0.1) is 32.6 Å². The van der Waals surface area contributed by atoms with Crippen molar-refractivity contribution in [3.8, 4) is 11.5 Å². The molecule has 0 spiro atoms. The number of furan rings is 1. The molecule has 4 fully saturated rings. The smallest absolute Gasteiger partial charge is 0.338 e. The summed E-state index contributed by atoms with van der Waals surface area (Å²) in [4.78, 5) is 28.2. The van der Waals surface area contributed by atoms with Gasteiger partial charge in [-0.25, -0.2) is 4.79 Å². The van der Waals surface area contributed by atoms with E-state index in [9.17, 15) is 9.59 Å². The van der Waals surface area contributed by atoms with Crippen LogP contribution in [0.25, 0.3) is 0 Å². The van der Waals surface area contributed by atoms with Gasteiger partial charge < -0.3 is 23.5 Å². The minimum absolute atomic E-state index is 0.158. The number of esters is 1. The lowest BCUT2D eigenvalue weighted by molar-refractivity contribution is -0.156. The van der Waals surface area contributed by atoms with Gasteiger partial charge in [-0.2, -0.15) is 0 Å². The Hall–Kier alpha value is -2.96. The minimum atomic E-state index is -0.562. The molecule has 4 saturated carbocycles. The summed E-state index contributed by atoms with van der Waals surface area (Å²) in [6.45, 7) is 0.113. The van der Waals surface area contributed by atoms with E-state index in [2.05, 4.69) is 0 Å². The first-order chi connectivity index (χ1) is 16.0. The molecule has 1 aromatic carbocycles. The van der Waals surface area contributed by atoms with E-state index in [0.717, 1.165) is 25.0 Å². The van der Waals surface area contributed by atoms with Crippen LogP contribution in [0.15, 0.2) is 41.0 Å². The van der Waals surface area contributed by atoms with Crippen molar-refractivity contribution in [2.45, 2.75) is 50.6 Å². The Kier molecular flexibility index (Phi) is 5.81. The lowest BCUT2D eigenvalue weighted by atomic mass is 9.52. The zero-order chi connectivity index (χ0) is 23.0. The van der Waals surface area contributed by atoms with E-state index in [4.69, 9.17) is 18.6 Å². The van der Waals surface area contributed by atoms with Gasteiger partial charge in [-0.05, 0) is 86.6 Å². The maximum absolute atomic E-state index is 13.5. The van der Waals surface area contributed by atoms with Gasteiger partial charge in [0, 0.05) is 5.54 Å². The standard InChI is InChI=1S/C26H31NO6/c1-30-22-6-5-20(11-23(22)31-2)25(29)33-16-24(28)27(15-21-4-3-7-32-21)26-12-17-8-18(13-26)10-19(9-17)14-26/h3-7,11,17-19H,8-10,12-16H2,1-2H3. The lowest BCUT2D eigenvalue weighted by Gasteiger charge is -2.60. The molecule has 176 valence electrons. The SMILES string of the molecule is COc1ccc(C(=O)OCC(=O)N(Cc2ccco2)C23CC4CC(CC(C4)C2)C3)cc1OC. The molecule has 2 aromatic rings. The summed E-state index contributed by atoms with van der Waals surface area (Å²) in [6, 6.07) is 8.56. The zero-order valence-electron chi connectivity index (χ0n) is 19.2. The van der Waals surface area contributed by atoms with Crippen LogP contribution in [0.4, 0.5) is 0 Å². The molecule has 1 amide bonds. The summed E-state index contributed by atoms with van der Waals surface area (Å²) >= 11 is 0. The fourth-order valence-corrected chi connectivity index (χ4v) is 6.73. The molecule has 1 aromatic heterocycles. The fourth-order valence-electron chi connectivity index (χ4n) is 6.73. The van der Waals surface area contributed by atoms with Gasteiger partial charge in [0.25, 0.3) is 5.91 Å². The lowest BCUT2D eigenvalue weighted by Crippen LogP contribution is -2.61. The van der Waals surface area contributed by atoms with Crippen molar-refractivity contribution in [1.82, 2.24) is 4.90 Å². The molecule has 1 heterocycles. The third-order valence-electron chi connectivity index (χ3n) is 7.72. The van der Waals surface area contributed by atoms with Crippen LogP contribution in [-0.4, -0.2) is 43.1 Å². The summed E-state index contributed by atoms with van der Waals surface area (Å²) in [5.74, 6) is 3.07. The Balaban J connectivity index is 1.32. The number of nitrogens with zero attached hydrogens (tertiary/aromatic N) is 1. The zero-order valence-corrected chi connectivity index (χ0v) is 19.2. The molecule has 4 aliphatic carbocycles. The Morgan fingerprint density at radius 3 is 2.24 bits per heavy atom. The van der Waals surface area contributed by atoms with Crippen molar-refractivity contribution in [1.29, 1.82) is 0 Å². The number of amides is 1. The van der Waals surface area contributed by atoms with Crippen molar-refractivity contribution in [2.75, 3.05) is 20.8 Å². The van der Waals surface area contributed by atoms with Crippen LogP contribution >= 0.6 is 0 Å². The minimum Gasteiger partial charge on any atom is -0.493 e. The van der Waals surface area contributed by atoms with E-state index < -0.39 is 5.97 Å². The number of carbonyl (C=O) groups excluding carboxylic acids is 2. The van der Waals surface area contributed by atoms with E-state index in [-0.39, 0.29) is 18.1 Å². The molecule has 0 N–H and O–H groups in total. The second kappa shape index (κ2) is 8.76. The van der Waals surface area contributed by atoms with Gasteiger partial charge in [-0.1, -0.05) is 0 Å². The number of methoxy groups -OCH3 is 2. The maximum Gasteiger partial charge on any atom is 0.338 e. The normalized spacial score (nSPS) is 27.3. The van der Waals surface area contributed by atoms with Crippen LogP contribution in [-0.2, 0) is 16.1 Å². The van der Waals surface area contributed by atoms with E-state index in [1.807, 2.05) is 17.0 Å². The molecule has 0 radical (unpaired) electrons. The summed E-state index contributed by atoms with van der Waals surface area (Å²) in [5.41, 5.74) is 0.154. The molecule has 7 heteroatoms. The van der Waals surface area contributed by atoms with Crippen LogP contribution in [0.1, 0.15) is 54.6 Å². The Morgan fingerprint density at radius 2 is 1.67 bits per heavy atom.